The molecule has 30 heavy (non-hydrogen) atoms. The number of amides is 1. The van der Waals surface area contributed by atoms with Gasteiger partial charge in [-0.15, -0.1) is 0 Å². The zero-order valence-corrected chi connectivity index (χ0v) is 17.0. The maximum atomic E-state index is 12.7. The summed E-state index contributed by atoms with van der Waals surface area (Å²) in [6, 6.07) is 10.5. The third-order valence-electron chi connectivity index (χ3n) is 4.93. The number of sulfonamides is 1. The minimum absolute atomic E-state index is 0.0811. The van der Waals surface area contributed by atoms with Crippen molar-refractivity contribution in [2.24, 2.45) is 0 Å². The fraction of sp³-hybridized carbons (Fsp3) is 0.350. The molecule has 0 aromatic heterocycles. The molecule has 0 spiro atoms. The summed E-state index contributed by atoms with van der Waals surface area (Å²) >= 11 is 0. The van der Waals surface area contributed by atoms with Crippen LogP contribution < -0.4 is 4.74 Å². The number of rotatable bonds is 5. The molecule has 6 nitrogen and oxygen atoms in total. The molecule has 0 aliphatic carbocycles. The lowest BCUT2D eigenvalue weighted by Gasteiger charge is -2.34. The monoisotopic (exact) mass is 442 g/mol. The lowest BCUT2D eigenvalue weighted by Crippen LogP contribution is -2.50. The number of nitrogens with zero attached hydrogens (tertiary/aromatic N) is 2. The Balaban J connectivity index is 1.60. The number of alkyl halides is 3. The highest BCUT2D eigenvalue weighted by molar-refractivity contribution is 7.89. The van der Waals surface area contributed by atoms with E-state index in [2.05, 4.69) is 0 Å². The first-order chi connectivity index (χ1) is 14.1. The van der Waals surface area contributed by atoms with Crippen molar-refractivity contribution in [1.29, 1.82) is 0 Å². The van der Waals surface area contributed by atoms with Gasteiger partial charge in [0.2, 0.25) is 15.9 Å². The van der Waals surface area contributed by atoms with Crippen LogP contribution in [0.3, 0.4) is 0 Å². The maximum absolute atomic E-state index is 12.7. The molecule has 0 unspecified atom stereocenters. The standard InChI is InChI=1S/C20H21F3N2O4S/c1-29-17-6-2-15(3-7-17)14-19(26)24-10-12-25(13-11-24)30(27,28)18-8-4-16(5-9-18)20(21,22)23/h2-9H,10-14H2,1H3. The van der Waals surface area contributed by atoms with Crippen molar-refractivity contribution >= 4 is 15.9 Å². The number of benzene rings is 2. The van der Waals surface area contributed by atoms with Gasteiger partial charge >= 0.3 is 6.18 Å². The van der Waals surface area contributed by atoms with Gasteiger partial charge in [-0.3, -0.25) is 4.79 Å². The van der Waals surface area contributed by atoms with Gasteiger partial charge in [-0.1, -0.05) is 12.1 Å². The molecule has 2 aromatic rings. The number of halogens is 3. The van der Waals surface area contributed by atoms with Gasteiger partial charge in [-0.05, 0) is 42.0 Å². The molecule has 1 amide bonds. The van der Waals surface area contributed by atoms with Gasteiger partial charge in [0.1, 0.15) is 5.75 Å². The van der Waals surface area contributed by atoms with Crippen molar-refractivity contribution in [2.75, 3.05) is 33.3 Å². The van der Waals surface area contributed by atoms with E-state index in [1.807, 2.05) is 0 Å². The van der Waals surface area contributed by atoms with Crippen LogP contribution in [0.2, 0.25) is 0 Å². The van der Waals surface area contributed by atoms with E-state index < -0.39 is 21.8 Å². The quantitative estimate of drug-likeness (QED) is 0.714. The first-order valence-corrected chi connectivity index (χ1v) is 10.6. The zero-order chi connectivity index (χ0) is 21.9. The Bertz CT molecular complexity index is 982. The molecular formula is C20H21F3N2O4S. The van der Waals surface area contributed by atoms with Gasteiger partial charge in [-0.25, -0.2) is 8.42 Å². The fourth-order valence-electron chi connectivity index (χ4n) is 3.17. The van der Waals surface area contributed by atoms with Crippen molar-refractivity contribution in [1.82, 2.24) is 9.21 Å². The third-order valence-corrected chi connectivity index (χ3v) is 6.84. The molecule has 1 aliphatic rings. The largest absolute Gasteiger partial charge is 0.497 e. The minimum Gasteiger partial charge on any atom is -0.497 e. The van der Waals surface area contributed by atoms with E-state index in [1.54, 1.807) is 36.3 Å². The second-order valence-corrected chi connectivity index (χ2v) is 8.77. The van der Waals surface area contributed by atoms with Crippen molar-refractivity contribution in [3.63, 3.8) is 0 Å². The summed E-state index contributed by atoms with van der Waals surface area (Å²) < 4.78 is 69.7. The molecule has 10 heteroatoms. The zero-order valence-electron chi connectivity index (χ0n) is 16.2. The van der Waals surface area contributed by atoms with E-state index in [4.69, 9.17) is 4.74 Å². The van der Waals surface area contributed by atoms with E-state index >= 15 is 0 Å². The lowest BCUT2D eigenvalue weighted by molar-refractivity contribution is -0.137. The Morgan fingerprint density at radius 2 is 1.53 bits per heavy atom. The molecule has 0 saturated carbocycles. The Morgan fingerprint density at radius 1 is 0.967 bits per heavy atom. The van der Waals surface area contributed by atoms with Gasteiger partial charge in [0.05, 0.1) is 24.0 Å². The Labute approximate surface area is 172 Å². The van der Waals surface area contributed by atoms with E-state index in [1.165, 1.54) is 4.31 Å². The Morgan fingerprint density at radius 3 is 2.03 bits per heavy atom. The van der Waals surface area contributed by atoms with Crippen LogP contribution in [-0.4, -0.2) is 56.8 Å². The van der Waals surface area contributed by atoms with E-state index in [-0.39, 0.29) is 43.4 Å². The average molecular weight is 442 g/mol. The van der Waals surface area contributed by atoms with Crippen LogP contribution in [0, 0.1) is 0 Å². The third kappa shape index (κ3) is 4.93. The molecule has 1 aliphatic heterocycles. The molecule has 1 fully saturated rings. The van der Waals surface area contributed by atoms with Crippen LogP contribution in [-0.2, 0) is 27.4 Å². The topological polar surface area (TPSA) is 66.9 Å². The van der Waals surface area contributed by atoms with Crippen LogP contribution >= 0.6 is 0 Å². The molecule has 0 radical (unpaired) electrons. The van der Waals surface area contributed by atoms with Crippen molar-refractivity contribution in [2.45, 2.75) is 17.5 Å². The lowest BCUT2D eigenvalue weighted by atomic mass is 10.1. The van der Waals surface area contributed by atoms with Crippen LogP contribution in [0.4, 0.5) is 13.2 Å². The van der Waals surface area contributed by atoms with Gasteiger partial charge < -0.3 is 9.64 Å². The average Bonchev–Trinajstić information content (AvgIpc) is 2.74. The van der Waals surface area contributed by atoms with Crippen LogP contribution in [0.25, 0.3) is 0 Å². The van der Waals surface area contributed by atoms with Gasteiger partial charge in [0.15, 0.2) is 0 Å². The summed E-state index contributed by atoms with van der Waals surface area (Å²) in [7, 11) is -2.37. The SMILES string of the molecule is COc1ccc(CC(=O)N2CCN(S(=O)(=O)c3ccc(C(F)(F)F)cc3)CC2)cc1. The molecule has 0 bridgehead atoms. The van der Waals surface area contributed by atoms with Crippen molar-refractivity contribution < 1.29 is 31.1 Å². The predicted octanol–water partition coefficient (Wildman–Crippen LogP) is 2.79. The highest BCUT2D eigenvalue weighted by Crippen LogP contribution is 2.30. The highest BCUT2D eigenvalue weighted by atomic mass is 32.2. The van der Waals surface area contributed by atoms with Crippen LogP contribution in [0.15, 0.2) is 53.4 Å². The summed E-state index contributed by atoms with van der Waals surface area (Å²) in [6.07, 6.45) is -4.34. The number of piperazine rings is 1. The molecular weight excluding hydrogens is 421 g/mol. The maximum Gasteiger partial charge on any atom is 0.416 e. The summed E-state index contributed by atoms with van der Waals surface area (Å²) in [6.45, 7) is 0.596. The number of hydrogen-bond donors (Lipinski definition) is 0. The van der Waals surface area contributed by atoms with Gasteiger partial charge in [0.25, 0.3) is 0 Å². The molecule has 2 aromatic carbocycles. The molecule has 0 N–H and O–H groups in total. The molecule has 1 saturated heterocycles. The number of hydrogen-bond acceptors (Lipinski definition) is 4. The van der Waals surface area contributed by atoms with E-state index in [0.29, 0.717) is 5.75 Å². The second kappa shape index (κ2) is 8.65. The Hall–Kier alpha value is -2.59. The molecule has 1 heterocycles. The first-order valence-electron chi connectivity index (χ1n) is 9.19. The molecule has 162 valence electrons. The van der Waals surface area contributed by atoms with E-state index in [9.17, 15) is 26.4 Å². The van der Waals surface area contributed by atoms with Crippen molar-refractivity contribution in [3.8, 4) is 5.75 Å². The van der Waals surface area contributed by atoms with Crippen molar-refractivity contribution in [3.05, 3.63) is 59.7 Å². The number of methoxy groups -OCH3 is 1. The fourth-order valence-corrected chi connectivity index (χ4v) is 4.59. The first kappa shape index (κ1) is 22.1. The molecule has 0 atom stereocenters. The smallest absolute Gasteiger partial charge is 0.416 e. The van der Waals surface area contributed by atoms with E-state index in [0.717, 1.165) is 29.8 Å². The highest BCUT2D eigenvalue weighted by Gasteiger charge is 2.33. The predicted molar refractivity (Wildman–Crippen MR) is 103 cm³/mol. The Kier molecular flexibility index (Phi) is 6.37. The van der Waals surface area contributed by atoms with Crippen LogP contribution in [0.1, 0.15) is 11.1 Å². The van der Waals surface area contributed by atoms with Crippen LogP contribution in [0.5, 0.6) is 5.75 Å². The number of carbonyl (C=O) groups is 1. The second-order valence-electron chi connectivity index (χ2n) is 6.83. The number of ether oxygens (including phenoxy) is 1. The summed E-state index contributed by atoms with van der Waals surface area (Å²) in [5.74, 6) is 0.569. The summed E-state index contributed by atoms with van der Waals surface area (Å²) in [4.78, 5) is 13.9. The number of carbonyl (C=O) groups excluding carboxylic acids is 1. The van der Waals surface area contributed by atoms with Gasteiger partial charge in [0, 0.05) is 26.2 Å². The summed E-state index contributed by atoms with van der Waals surface area (Å²) in [5, 5.41) is 0. The summed E-state index contributed by atoms with van der Waals surface area (Å²) in [5.41, 5.74) is -0.0870. The minimum atomic E-state index is -4.53. The van der Waals surface area contributed by atoms with Gasteiger partial charge in [-0.2, -0.15) is 17.5 Å². The molecule has 3 rings (SSSR count). The normalized spacial score (nSPS) is 15.8.